The molecule has 0 unspecified atom stereocenters. The number of hydrogen-bond donors (Lipinski definition) is 0. The molecule has 0 amide bonds. The van der Waals surface area contributed by atoms with Crippen molar-refractivity contribution in [1.82, 2.24) is 0 Å². The third kappa shape index (κ3) is 4.83. The molecule has 2 aliphatic carbocycles. The SMILES string of the molecule is CC1(C)CCC(C)(C)c2c(-c3ccc(-c4cc5c(cc4N(c4ccccc4)c4ccccc4)C(C)(C)c4ccccc4-5)cc3)cccc21. The van der Waals surface area contributed by atoms with Crippen LogP contribution in [0.2, 0.25) is 0 Å². The Morgan fingerprint density at radius 2 is 0.938 bits per heavy atom. The van der Waals surface area contributed by atoms with E-state index in [1.807, 2.05) is 0 Å². The van der Waals surface area contributed by atoms with Gasteiger partial charge in [-0.15, -0.1) is 0 Å². The van der Waals surface area contributed by atoms with Crippen LogP contribution in [0, 0.1) is 0 Å². The topological polar surface area (TPSA) is 3.24 Å². The minimum atomic E-state index is -0.102. The molecule has 238 valence electrons. The fourth-order valence-corrected chi connectivity index (χ4v) is 8.53. The summed E-state index contributed by atoms with van der Waals surface area (Å²) < 4.78 is 0. The van der Waals surface area contributed by atoms with Gasteiger partial charge >= 0.3 is 0 Å². The van der Waals surface area contributed by atoms with Crippen LogP contribution in [0.4, 0.5) is 17.1 Å². The zero-order valence-corrected chi connectivity index (χ0v) is 29.1. The van der Waals surface area contributed by atoms with Crippen LogP contribution in [0.3, 0.4) is 0 Å². The highest BCUT2D eigenvalue weighted by Crippen LogP contribution is 2.54. The average Bonchev–Trinajstić information content (AvgIpc) is 3.33. The first-order chi connectivity index (χ1) is 23.1. The van der Waals surface area contributed by atoms with Crippen molar-refractivity contribution in [3.8, 4) is 33.4 Å². The van der Waals surface area contributed by atoms with Gasteiger partial charge in [-0.05, 0) is 110 Å². The Labute approximate surface area is 286 Å². The number of nitrogens with zero attached hydrogens (tertiary/aromatic N) is 1. The summed E-state index contributed by atoms with van der Waals surface area (Å²) >= 11 is 0. The molecule has 1 nitrogen and oxygen atoms in total. The lowest BCUT2D eigenvalue weighted by atomic mass is 9.61. The van der Waals surface area contributed by atoms with E-state index in [4.69, 9.17) is 0 Å². The van der Waals surface area contributed by atoms with Gasteiger partial charge in [-0.2, -0.15) is 0 Å². The van der Waals surface area contributed by atoms with E-state index in [0.717, 1.165) is 11.4 Å². The van der Waals surface area contributed by atoms with Crippen LogP contribution in [-0.4, -0.2) is 0 Å². The summed E-state index contributed by atoms with van der Waals surface area (Å²) in [6, 6.07) is 51.9. The van der Waals surface area contributed by atoms with Crippen LogP contribution in [-0.2, 0) is 16.2 Å². The summed E-state index contributed by atoms with van der Waals surface area (Å²) in [6.45, 7) is 14.4. The average molecular weight is 624 g/mol. The van der Waals surface area contributed by atoms with Gasteiger partial charge in [0.05, 0.1) is 5.69 Å². The molecule has 6 aromatic carbocycles. The van der Waals surface area contributed by atoms with Gasteiger partial charge in [0, 0.05) is 22.4 Å². The van der Waals surface area contributed by atoms with Crippen molar-refractivity contribution in [2.75, 3.05) is 4.90 Å². The van der Waals surface area contributed by atoms with Gasteiger partial charge in [-0.25, -0.2) is 0 Å². The van der Waals surface area contributed by atoms with Crippen LogP contribution in [0.5, 0.6) is 0 Å². The van der Waals surface area contributed by atoms with Crippen LogP contribution >= 0.6 is 0 Å². The summed E-state index contributed by atoms with van der Waals surface area (Å²) in [7, 11) is 0. The van der Waals surface area contributed by atoms with Crippen molar-refractivity contribution in [2.45, 2.75) is 70.6 Å². The number of benzene rings is 6. The lowest BCUT2D eigenvalue weighted by Gasteiger charge is -2.43. The summed E-state index contributed by atoms with van der Waals surface area (Å²) in [4.78, 5) is 2.43. The van der Waals surface area contributed by atoms with E-state index in [0.29, 0.717) is 0 Å². The molecule has 48 heavy (non-hydrogen) atoms. The smallest absolute Gasteiger partial charge is 0.0543 e. The van der Waals surface area contributed by atoms with Crippen LogP contribution < -0.4 is 4.90 Å². The molecule has 0 aliphatic heterocycles. The number of fused-ring (bicyclic) bond motifs is 4. The molecule has 0 radical (unpaired) electrons. The predicted molar refractivity (Wildman–Crippen MR) is 205 cm³/mol. The van der Waals surface area contributed by atoms with Gasteiger partial charge in [-0.3, -0.25) is 0 Å². The monoisotopic (exact) mass is 623 g/mol. The molecule has 0 bridgehead atoms. The molecule has 1 heteroatoms. The van der Waals surface area contributed by atoms with Gasteiger partial charge in [-0.1, -0.05) is 145 Å². The zero-order chi connectivity index (χ0) is 33.3. The Kier molecular flexibility index (Phi) is 7.04. The minimum absolute atomic E-state index is 0.102. The number of anilines is 3. The second-order valence-corrected chi connectivity index (χ2v) is 15.7. The van der Waals surface area contributed by atoms with Crippen molar-refractivity contribution < 1.29 is 0 Å². The lowest BCUT2D eigenvalue weighted by molar-refractivity contribution is 0.333. The molecular weight excluding hydrogens is 579 g/mol. The van der Waals surface area contributed by atoms with E-state index in [1.165, 1.54) is 74.2 Å². The fourth-order valence-electron chi connectivity index (χ4n) is 8.53. The maximum absolute atomic E-state index is 2.47. The Morgan fingerprint density at radius 3 is 1.58 bits per heavy atom. The molecule has 0 heterocycles. The van der Waals surface area contributed by atoms with E-state index in [-0.39, 0.29) is 16.2 Å². The second kappa shape index (κ2) is 11.1. The largest absolute Gasteiger partial charge is 0.310 e. The quantitative estimate of drug-likeness (QED) is 0.185. The van der Waals surface area contributed by atoms with Crippen molar-refractivity contribution in [3.63, 3.8) is 0 Å². The summed E-state index contributed by atoms with van der Waals surface area (Å²) in [6.07, 6.45) is 2.42. The normalized spacial score (nSPS) is 16.5. The fraction of sp³-hybridized carbons (Fsp3) is 0.234. The minimum Gasteiger partial charge on any atom is -0.310 e. The van der Waals surface area contributed by atoms with E-state index in [1.54, 1.807) is 0 Å². The van der Waals surface area contributed by atoms with E-state index < -0.39 is 0 Å². The molecule has 6 aromatic rings. The van der Waals surface area contributed by atoms with Gasteiger partial charge in [0.2, 0.25) is 0 Å². The van der Waals surface area contributed by atoms with Gasteiger partial charge in [0.15, 0.2) is 0 Å². The lowest BCUT2D eigenvalue weighted by Crippen LogP contribution is -2.34. The maximum atomic E-state index is 2.47. The number of rotatable bonds is 5. The maximum Gasteiger partial charge on any atom is 0.0543 e. The second-order valence-electron chi connectivity index (χ2n) is 15.7. The Morgan fingerprint density at radius 1 is 0.417 bits per heavy atom. The first-order valence-electron chi connectivity index (χ1n) is 17.5. The molecule has 0 fully saturated rings. The molecule has 2 aliphatic rings. The third-order valence-corrected chi connectivity index (χ3v) is 11.3. The zero-order valence-electron chi connectivity index (χ0n) is 29.1. The standard InChI is InChI=1S/C47H45N/c1-45(2)28-29-46(3,4)44-36(21-15-23-41(44)45)32-24-26-33(27-25-32)38-30-39-37-20-13-14-22-40(37)47(5,6)42(39)31-43(38)48(34-16-9-7-10-17-34)35-18-11-8-12-19-35/h7-27,30-31H,28-29H2,1-6H3. The molecule has 0 saturated heterocycles. The van der Waals surface area contributed by atoms with Crippen LogP contribution in [0.25, 0.3) is 33.4 Å². The molecular formula is C47H45N. The number of hydrogen-bond acceptors (Lipinski definition) is 1. The molecule has 0 saturated carbocycles. The first-order valence-corrected chi connectivity index (χ1v) is 17.5. The molecule has 0 N–H and O–H groups in total. The first kappa shape index (κ1) is 30.5. The van der Waals surface area contributed by atoms with Crippen molar-refractivity contribution in [3.05, 3.63) is 162 Å². The van der Waals surface area contributed by atoms with Crippen molar-refractivity contribution in [2.24, 2.45) is 0 Å². The molecule has 0 atom stereocenters. The Hall–Kier alpha value is -4.88. The van der Waals surface area contributed by atoms with Crippen LogP contribution in [0.1, 0.15) is 76.6 Å². The predicted octanol–water partition coefficient (Wildman–Crippen LogP) is 13.1. The third-order valence-electron chi connectivity index (χ3n) is 11.3. The van der Waals surface area contributed by atoms with E-state index in [2.05, 4.69) is 186 Å². The number of para-hydroxylation sites is 2. The van der Waals surface area contributed by atoms with Crippen molar-refractivity contribution in [1.29, 1.82) is 0 Å². The highest BCUT2D eigenvalue weighted by molar-refractivity contribution is 5.95. The molecule has 0 aromatic heterocycles. The highest BCUT2D eigenvalue weighted by atomic mass is 15.1. The van der Waals surface area contributed by atoms with Gasteiger partial charge < -0.3 is 4.90 Å². The van der Waals surface area contributed by atoms with Gasteiger partial charge in [0.1, 0.15) is 0 Å². The van der Waals surface area contributed by atoms with E-state index >= 15 is 0 Å². The highest BCUT2D eigenvalue weighted by Gasteiger charge is 2.39. The summed E-state index contributed by atoms with van der Waals surface area (Å²) in [5, 5.41) is 0. The molecule has 0 spiro atoms. The Balaban J connectivity index is 1.34. The van der Waals surface area contributed by atoms with Crippen molar-refractivity contribution >= 4 is 17.1 Å². The summed E-state index contributed by atoms with van der Waals surface area (Å²) in [5.74, 6) is 0. The van der Waals surface area contributed by atoms with Crippen LogP contribution in [0.15, 0.2) is 140 Å². The van der Waals surface area contributed by atoms with E-state index in [9.17, 15) is 0 Å². The Bertz CT molecular complexity index is 2090. The molecule has 8 rings (SSSR count). The summed E-state index contributed by atoms with van der Waals surface area (Å²) in [5.41, 5.74) is 17.3. The van der Waals surface area contributed by atoms with Gasteiger partial charge in [0.25, 0.3) is 0 Å².